The number of nitro groups is 1. The Labute approximate surface area is 123 Å². The molecule has 0 radical (unpaired) electrons. The van der Waals surface area contributed by atoms with E-state index < -0.39 is 6.29 Å². The van der Waals surface area contributed by atoms with Crippen LogP contribution in [0.5, 0.6) is 0 Å². The third-order valence-electron chi connectivity index (χ3n) is 3.30. The number of nitrogens with zero attached hydrogens (tertiary/aromatic N) is 1. The third-order valence-corrected chi connectivity index (χ3v) is 3.30. The highest BCUT2D eigenvalue weighted by Gasteiger charge is 2.18. The molecule has 0 N–H and O–H groups in total. The first-order valence-electron chi connectivity index (χ1n) is 6.54. The number of hydrogen-bond acceptors (Lipinski definition) is 4. The summed E-state index contributed by atoms with van der Waals surface area (Å²) in [6.45, 7) is 0. The van der Waals surface area contributed by atoms with E-state index in [1.165, 1.54) is 14.2 Å². The quantitative estimate of drug-likeness (QED) is 0.464. The summed E-state index contributed by atoms with van der Waals surface area (Å²) in [5.41, 5.74) is 2.43. The molecule has 0 aliphatic heterocycles. The van der Waals surface area contributed by atoms with Gasteiger partial charge in [0.05, 0.1) is 4.92 Å². The fraction of sp³-hybridized carbons (Fsp3) is 0.250. The Hall–Kier alpha value is -2.24. The van der Waals surface area contributed by atoms with E-state index in [0.717, 1.165) is 11.1 Å². The minimum atomic E-state index is -0.494. The van der Waals surface area contributed by atoms with Gasteiger partial charge in [-0.05, 0) is 11.1 Å². The van der Waals surface area contributed by atoms with E-state index in [1.54, 1.807) is 12.1 Å². The molecule has 0 aromatic heterocycles. The minimum absolute atomic E-state index is 0.0791. The molecule has 0 aliphatic carbocycles. The number of ether oxygens (including phenoxy) is 2. The Morgan fingerprint density at radius 3 is 2.29 bits per heavy atom. The Morgan fingerprint density at radius 2 is 1.71 bits per heavy atom. The van der Waals surface area contributed by atoms with Gasteiger partial charge >= 0.3 is 0 Å². The largest absolute Gasteiger partial charge is 0.356 e. The minimum Gasteiger partial charge on any atom is -0.356 e. The Balaban J connectivity index is 2.38. The van der Waals surface area contributed by atoms with Crippen molar-refractivity contribution in [2.75, 3.05) is 14.2 Å². The summed E-state index contributed by atoms with van der Waals surface area (Å²) in [6.07, 6.45) is -0.162. The maximum absolute atomic E-state index is 11.3. The zero-order valence-corrected chi connectivity index (χ0v) is 12.0. The fourth-order valence-electron chi connectivity index (χ4n) is 2.16. The average molecular weight is 287 g/mol. The number of nitro benzene ring substituents is 1. The third kappa shape index (κ3) is 3.65. The van der Waals surface area contributed by atoms with E-state index >= 15 is 0 Å². The molecule has 21 heavy (non-hydrogen) atoms. The van der Waals surface area contributed by atoms with Crippen LogP contribution >= 0.6 is 0 Å². The number of hydrogen-bond donors (Lipinski definition) is 0. The van der Waals surface area contributed by atoms with Crippen molar-refractivity contribution in [1.29, 1.82) is 0 Å². The molecule has 2 aromatic carbocycles. The number of benzene rings is 2. The zero-order valence-electron chi connectivity index (χ0n) is 12.0. The zero-order chi connectivity index (χ0) is 15.2. The maximum atomic E-state index is 11.3. The molecule has 0 saturated heterocycles. The first-order chi connectivity index (χ1) is 10.2. The van der Waals surface area contributed by atoms with E-state index in [-0.39, 0.29) is 10.6 Å². The van der Waals surface area contributed by atoms with Crippen LogP contribution in [0.4, 0.5) is 5.69 Å². The molecule has 0 spiro atoms. The summed E-state index contributed by atoms with van der Waals surface area (Å²) >= 11 is 0. The van der Waals surface area contributed by atoms with Gasteiger partial charge in [0.2, 0.25) is 0 Å². The van der Waals surface area contributed by atoms with Crippen LogP contribution in [-0.4, -0.2) is 25.4 Å². The summed E-state index contributed by atoms with van der Waals surface area (Å²) in [5.74, 6) is 0. The first kappa shape index (κ1) is 15.2. The van der Waals surface area contributed by atoms with Crippen LogP contribution in [0.15, 0.2) is 48.5 Å². The van der Waals surface area contributed by atoms with Gasteiger partial charge in [-0.3, -0.25) is 10.1 Å². The molecular formula is C16H17NO4. The van der Waals surface area contributed by atoms with E-state index in [1.807, 2.05) is 36.4 Å². The predicted octanol–water partition coefficient (Wildman–Crippen LogP) is 3.42. The second kappa shape index (κ2) is 6.97. The van der Waals surface area contributed by atoms with E-state index in [0.29, 0.717) is 12.0 Å². The number of methoxy groups -OCH3 is 2. The van der Waals surface area contributed by atoms with Gasteiger partial charge in [0.15, 0.2) is 6.29 Å². The van der Waals surface area contributed by atoms with Crippen LogP contribution in [0.1, 0.15) is 5.56 Å². The normalized spacial score (nSPS) is 10.8. The van der Waals surface area contributed by atoms with Crippen LogP contribution in [0, 0.1) is 10.1 Å². The smallest absolute Gasteiger partial charge is 0.273 e. The van der Waals surface area contributed by atoms with Gasteiger partial charge in [0, 0.05) is 32.3 Å². The van der Waals surface area contributed by atoms with Crippen LogP contribution in [-0.2, 0) is 15.9 Å². The molecule has 0 bridgehead atoms. The van der Waals surface area contributed by atoms with Crippen molar-refractivity contribution in [3.8, 4) is 11.1 Å². The predicted molar refractivity (Wildman–Crippen MR) is 80.0 cm³/mol. The highest BCUT2D eigenvalue weighted by Crippen LogP contribution is 2.28. The molecule has 0 heterocycles. The van der Waals surface area contributed by atoms with Gasteiger partial charge in [-0.25, -0.2) is 0 Å². The van der Waals surface area contributed by atoms with Crippen molar-refractivity contribution in [3.63, 3.8) is 0 Å². The molecule has 5 heteroatoms. The van der Waals surface area contributed by atoms with Crippen LogP contribution in [0.2, 0.25) is 0 Å². The van der Waals surface area contributed by atoms with Crippen molar-refractivity contribution in [3.05, 3.63) is 64.2 Å². The molecule has 5 nitrogen and oxygen atoms in total. The maximum Gasteiger partial charge on any atom is 0.273 e. The highest BCUT2D eigenvalue weighted by molar-refractivity contribution is 5.67. The van der Waals surface area contributed by atoms with Gasteiger partial charge in [0.1, 0.15) is 0 Å². The molecule has 0 aliphatic rings. The summed E-state index contributed by atoms with van der Waals surface area (Å²) in [5, 5.41) is 11.3. The fourth-order valence-corrected chi connectivity index (χ4v) is 2.16. The van der Waals surface area contributed by atoms with Crippen LogP contribution in [0.3, 0.4) is 0 Å². The van der Waals surface area contributed by atoms with Gasteiger partial charge < -0.3 is 9.47 Å². The second-order valence-electron chi connectivity index (χ2n) is 4.57. The van der Waals surface area contributed by atoms with Crippen molar-refractivity contribution >= 4 is 5.69 Å². The lowest BCUT2D eigenvalue weighted by atomic mass is 10.0. The summed E-state index contributed by atoms with van der Waals surface area (Å²) in [4.78, 5) is 10.9. The van der Waals surface area contributed by atoms with Crippen molar-refractivity contribution in [2.24, 2.45) is 0 Å². The molecule has 0 saturated carbocycles. The molecule has 0 atom stereocenters. The summed E-state index contributed by atoms with van der Waals surface area (Å²) in [6, 6.07) is 14.8. The number of rotatable bonds is 6. The van der Waals surface area contributed by atoms with Crippen molar-refractivity contribution in [1.82, 2.24) is 0 Å². The molecular weight excluding hydrogens is 270 g/mol. The summed E-state index contributed by atoms with van der Waals surface area (Å²) < 4.78 is 10.2. The van der Waals surface area contributed by atoms with E-state index in [2.05, 4.69) is 0 Å². The van der Waals surface area contributed by atoms with Gasteiger partial charge in [-0.15, -0.1) is 0 Å². The van der Waals surface area contributed by atoms with Gasteiger partial charge in [-0.2, -0.15) is 0 Å². The van der Waals surface area contributed by atoms with Crippen LogP contribution < -0.4 is 0 Å². The topological polar surface area (TPSA) is 61.6 Å². The van der Waals surface area contributed by atoms with Gasteiger partial charge in [-0.1, -0.05) is 42.5 Å². The second-order valence-corrected chi connectivity index (χ2v) is 4.57. The lowest BCUT2D eigenvalue weighted by Crippen LogP contribution is -2.16. The molecule has 2 aromatic rings. The SMILES string of the molecule is COC(Cc1ccc(-c2ccccc2)cc1[N+](=O)[O-])OC. The monoisotopic (exact) mass is 287 g/mol. The molecule has 0 amide bonds. The molecule has 2 rings (SSSR count). The Kier molecular flexibility index (Phi) is 5.03. The first-order valence-corrected chi connectivity index (χ1v) is 6.54. The van der Waals surface area contributed by atoms with E-state index in [9.17, 15) is 10.1 Å². The summed E-state index contributed by atoms with van der Waals surface area (Å²) in [7, 11) is 3.02. The Bertz CT molecular complexity index is 609. The highest BCUT2D eigenvalue weighted by atomic mass is 16.7. The standard InChI is InChI=1S/C16H17NO4/c1-20-16(21-2)11-14-9-8-13(10-15(14)17(18)19)12-6-4-3-5-7-12/h3-10,16H,11H2,1-2H3. The lowest BCUT2D eigenvalue weighted by molar-refractivity contribution is -0.385. The molecule has 0 unspecified atom stereocenters. The van der Waals surface area contributed by atoms with Crippen LogP contribution in [0.25, 0.3) is 11.1 Å². The Morgan fingerprint density at radius 1 is 1.05 bits per heavy atom. The van der Waals surface area contributed by atoms with Crippen molar-refractivity contribution < 1.29 is 14.4 Å². The average Bonchev–Trinajstić information content (AvgIpc) is 2.53. The lowest BCUT2D eigenvalue weighted by Gasteiger charge is -2.13. The van der Waals surface area contributed by atoms with E-state index in [4.69, 9.17) is 9.47 Å². The molecule has 110 valence electrons. The van der Waals surface area contributed by atoms with Crippen molar-refractivity contribution in [2.45, 2.75) is 12.7 Å². The molecule has 0 fully saturated rings. The van der Waals surface area contributed by atoms with Gasteiger partial charge in [0.25, 0.3) is 5.69 Å².